The lowest BCUT2D eigenvalue weighted by molar-refractivity contribution is 0.685. The van der Waals surface area contributed by atoms with Crippen LogP contribution in [0.1, 0.15) is 7.43 Å². The lowest BCUT2D eigenvalue weighted by Gasteiger charge is -0.412. The van der Waals surface area contributed by atoms with Gasteiger partial charge in [-0.1, -0.05) is 7.43 Å². The van der Waals surface area contributed by atoms with E-state index in [-0.39, 0.29) is 31.3 Å². The molecular formula is C2H6O3. The van der Waals surface area contributed by atoms with E-state index in [2.05, 4.69) is 0 Å². The normalized spacial score (nSPS) is 0. The summed E-state index contributed by atoms with van der Waals surface area (Å²) in [6.45, 7) is 0. The molecule has 32 valence electrons. The Morgan fingerprint density at radius 1 is 0.800 bits per heavy atom. The van der Waals surface area contributed by atoms with E-state index in [1.54, 1.807) is 0 Å². The molecule has 0 unspecified atom stereocenters. The van der Waals surface area contributed by atoms with Crippen LogP contribution in [0.25, 0.3) is 0 Å². The molecule has 0 aromatic rings. The van der Waals surface area contributed by atoms with Gasteiger partial charge in [0.25, 0.3) is 0 Å². The van der Waals surface area contributed by atoms with E-state index in [0.29, 0.717) is 0 Å². The van der Waals surface area contributed by atoms with Gasteiger partial charge in [0, 0.05) is 18.4 Å². The third-order valence-electron chi connectivity index (χ3n) is 0. The third kappa shape index (κ3) is 952. The van der Waals surface area contributed by atoms with Gasteiger partial charge in [-0.2, -0.15) is 0 Å². The van der Waals surface area contributed by atoms with Crippen LogP contribution in [0.5, 0.6) is 0 Å². The Kier molecular flexibility index (Phi) is 2280000. The molecule has 0 spiro atoms. The van der Waals surface area contributed by atoms with Crippen LogP contribution in [-0.2, 0) is 11.0 Å². The first-order valence-corrected chi connectivity index (χ1v) is 0. The minimum Gasteiger partial charge on any atom is -0.412 e. The molecule has 8 radical (unpaired) electrons. The van der Waals surface area contributed by atoms with Crippen LogP contribution in [0, 0.1) is 7.43 Å². The topological polar surface area (TPSA) is 88.5 Å². The molecule has 0 aliphatic carbocycles. The largest absolute Gasteiger partial charge is 0.412 e. The van der Waals surface area contributed by atoms with Gasteiger partial charge >= 0.3 is 0 Å². The average molecular weight is 78.1 g/mol. The summed E-state index contributed by atoms with van der Waals surface area (Å²) in [7, 11) is 0. The van der Waals surface area contributed by atoms with E-state index in [1.165, 1.54) is 0 Å². The first-order chi connectivity index (χ1) is 0. The molecule has 2 N–H and O–H groups in total. The molecule has 0 aliphatic rings. The summed E-state index contributed by atoms with van der Waals surface area (Å²) in [5.74, 6) is 0. The van der Waals surface area contributed by atoms with E-state index in [9.17, 15) is 0 Å². The van der Waals surface area contributed by atoms with Gasteiger partial charge < -0.3 is 5.48 Å². The quantitative estimate of drug-likeness (QED) is 0.379. The number of hydrogen-bond donors (Lipinski definition) is 0. The van der Waals surface area contributed by atoms with Crippen LogP contribution >= 0.6 is 0 Å². The molecule has 0 saturated carbocycles. The zero-order valence-electron chi connectivity index (χ0n) is 1.82. The Morgan fingerprint density at radius 2 is 0.800 bits per heavy atom. The highest BCUT2D eigenvalue weighted by Gasteiger charge is 0.00205. The summed E-state index contributed by atoms with van der Waals surface area (Å²) in [5, 5.41) is 0. The molecule has 3 heteroatoms. The lowest BCUT2D eigenvalue weighted by atomic mass is 12.0. The predicted octanol–water partition coefficient (Wildman–Crippen LogP) is -0.345. The van der Waals surface area contributed by atoms with Crippen LogP contribution in [0.2, 0.25) is 0 Å². The van der Waals surface area contributed by atoms with Crippen LogP contribution in [0.15, 0.2) is 0 Å². The maximum atomic E-state index is 0. The Labute approximate surface area is 32.6 Å². The molecular weight excluding hydrogens is 72.0 g/mol. The van der Waals surface area contributed by atoms with Crippen molar-refractivity contribution in [2.75, 3.05) is 0 Å². The molecule has 0 atom stereocenters. The van der Waals surface area contributed by atoms with Gasteiger partial charge in [0.05, 0.1) is 0 Å². The molecule has 0 bridgehead atoms. The fourth-order valence-electron chi connectivity index (χ4n) is 0. The van der Waals surface area contributed by atoms with Crippen LogP contribution in [0.4, 0.5) is 0 Å². The fraction of sp³-hybridized carbons (Fsp3) is 0.500. The average Bonchev–Trinajstić information content (AvgIpc) is 0. The van der Waals surface area contributed by atoms with Crippen LogP contribution < -0.4 is 0 Å². The molecule has 0 aromatic carbocycles. The molecule has 0 aromatic heterocycles. The molecule has 5 heavy (non-hydrogen) atoms. The Bertz CT molecular complexity index is 4.85. The van der Waals surface area contributed by atoms with E-state index in [0.717, 1.165) is 0 Å². The van der Waals surface area contributed by atoms with Gasteiger partial charge in [0.2, 0.25) is 0 Å². The number of rotatable bonds is 0. The molecule has 0 rings (SSSR count). The highest BCUT2D eigenvalue weighted by atomic mass is 16.0. The zero-order valence-corrected chi connectivity index (χ0v) is 1.82. The summed E-state index contributed by atoms with van der Waals surface area (Å²) in [4.78, 5) is 0. The summed E-state index contributed by atoms with van der Waals surface area (Å²) >= 11 is 0. The summed E-state index contributed by atoms with van der Waals surface area (Å²) in [6.07, 6.45) is 0. The van der Waals surface area contributed by atoms with Crippen molar-refractivity contribution < 1.29 is 16.4 Å². The SMILES string of the molecule is C.O.[C].[O].[O]. The first kappa shape index (κ1) is 5100. The highest BCUT2D eigenvalue weighted by Crippen LogP contribution is 0.144. The van der Waals surface area contributed by atoms with Crippen molar-refractivity contribution in [2.24, 2.45) is 0 Å². The molecule has 0 saturated heterocycles. The Balaban J connectivity index is 0. The third-order valence-corrected chi connectivity index (χ3v) is 0. The lowest BCUT2D eigenvalue weighted by Crippen LogP contribution is -0.289. The van der Waals surface area contributed by atoms with Crippen molar-refractivity contribution in [3.8, 4) is 0 Å². The van der Waals surface area contributed by atoms with Gasteiger partial charge in [0.15, 0.2) is 0 Å². The first-order valence-electron chi connectivity index (χ1n) is 0. The monoisotopic (exact) mass is 78.0 g/mol. The summed E-state index contributed by atoms with van der Waals surface area (Å²) < 4.78 is 0. The second kappa shape index (κ2) is 2230. The van der Waals surface area contributed by atoms with Crippen molar-refractivity contribution in [1.82, 2.24) is 0 Å². The van der Waals surface area contributed by atoms with Gasteiger partial charge in [-0.3, -0.25) is 0 Å². The van der Waals surface area contributed by atoms with Gasteiger partial charge in [-0.25, -0.2) is 0 Å². The molecule has 0 fully saturated rings. The maximum Gasteiger partial charge on any atom is 0 e. The number of hydrogen-bond acceptors (Lipinski definition) is 0. The summed E-state index contributed by atoms with van der Waals surface area (Å²) in [6, 6.07) is 0. The van der Waals surface area contributed by atoms with Crippen molar-refractivity contribution in [3.05, 3.63) is 7.43 Å². The van der Waals surface area contributed by atoms with E-state index in [1.807, 2.05) is 0 Å². The molecule has 0 aliphatic heterocycles. The van der Waals surface area contributed by atoms with Gasteiger partial charge in [-0.05, 0) is 0 Å². The minimum absolute atomic E-state index is 0. The second-order valence-electron chi connectivity index (χ2n) is 0. The summed E-state index contributed by atoms with van der Waals surface area (Å²) in [5.41, 5.74) is 0. The van der Waals surface area contributed by atoms with Crippen molar-refractivity contribution in [2.45, 2.75) is 7.43 Å². The standard InChI is InChI=1S/CH4.C.H2O.2O/h1H4;;1H2;;. The Hall–Kier alpha value is -0.120. The van der Waals surface area contributed by atoms with Crippen molar-refractivity contribution in [1.29, 1.82) is 0 Å². The van der Waals surface area contributed by atoms with Crippen LogP contribution in [-0.4, -0.2) is 5.48 Å². The second-order valence-corrected chi connectivity index (χ2v) is 0. The van der Waals surface area contributed by atoms with Gasteiger partial charge in [0.1, 0.15) is 0 Å². The molecule has 3 nitrogen and oxygen atoms in total. The maximum absolute atomic E-state index is 0. The molecule has 0 heterocycles. The van der Waals surface area contributed by atoms with Crippen LogP contribution in [0.3, 0.4) is 0 Å². The zero-order chi connectivity index (χ0) is 0. The Morgan fingerprint density at radius 3 is 0.800 bits per heavy atom. The highest BCUT2D eigenvalue weighted by molar-refractivity contribution is 3.24. The smallest absolute Gasteiger partial charge is 0 e. The van der Waals surface area contributed by atoms with Crippen molar-refractivity contribution >= 4 is 0 Å². The van der Waals surface area contributed by atoms with Gasteiger partial charge in [-0.15, -0.1) is 0 Å². The van der Waals surface area contributed by atoms with Crippen molar-refractivity contribution in [3.63, 3.8) is 0 Å². The van der Waals surface area contributed by atoms with E-state index >= 15 is 0 Å². The fourth-order valence-corrected chi connectivity index (χ4v) is 0. The van der Waals surface area contributed by atoms with E-state index < -0.39 is 0 Å². The molecule has 0 amide bonds. The minimum atomic E-state index is 0. The predicted molar refractivity (Wildman–Crippen MR) is 15.0 cm³/mol. The van der Waals surface area contributed by atoms with E-state index in [4.69, 9.17) is 0 Å².